The van der Waals surface area contributed by atoms with E-state index in [2.05, 4.69) is 15.7 Å². The van der Waals surface area contributed by atoms with E-state index in [1.54, 1.807) is 32.2 Å². The minimum atomic E-state index is -0.372. The molecule has 1 aliphatic rings. The molecule has 4 aromatic rings. The number of benzene rings is 3. The normalized spacial score (nSPS) is 14.2. The van der Waals surface area contributed by atoms with E-state index in [9.17, 15) is 4.79 Å². The van der Waals surface area contributed by atoms with E-state index in [0.717, 1.165) is 28.1 Å². The first kappa shape index (κ1) is 24.0. The Bertz CT molecular complexity index is 1470. The zero-order valence-electron chi connectivity index (χ0n) is 21.1. The zero-order valence-corrected chi connectivity index (χ0v) is 21.1. The van der Waals surface area contributed by atoms with Crippen LogP contribution < -0.4 is 24.8 Å². The molecule has 1 atom stereocenters. The second kappa shape index (κ2) is 10.1. The van der Waals surface area contributed by atoms with Crippen LogP contribution in [0.3, 0.4) is 0 Å². The van der Waals surface area contributed by atoms with Crippen LogP contribution in [0.15, 0.2) is 79.0 Å². The summed E-state index contributed by atoms with van der Waals surface area (Å²) in [5, 5.41) is 11.0. The lowest BCUT2D eigenvalue weighted by atomic mass is 9.99. The predicted molar refractivity (Wildman–Crippen MR) is 144 cm³/mol. The molecule has 2 heterocycles. The summed E-state index contributed by atoms with van der Waals surface area (Å²) in [5.41, 5.74) is 4.81. The molecule has 0 aliphatic carbocycles. The number of hydrogen-bond donors (Lipinski definition) is 2. The Morgan fingerprint density at radius 2 is 1.76 bits per heavy atom. The molecular weight excluding hydrogens is 468 g/mol. The molecule has 0 fully saturated rings. The van der Waals surface area contributed by atoms with Crippen molar-refractivity contribution in [2.75, 3.05) is 32.0 Å². The van der Waals surface area contributed by atoms with Crippen molar-refractivity contribution in [3.8, 4) is 17.2 Å². The quantitative estimate of drug-likeness (QED) is 0.350. The van der Waals surface area contributed by atoms with Crippen molar-refractivity contribution in [3.05, 3.63) is 101 Å². The first-order valence-electron chi connectivity index (χ1n) is 11.8. The fourth-order valence-electron chi connectivity index (χ4n) is 4.42. The lowest BCUT2D eigenvalue weighted by Gasteiger charge is -2.27. The van der Waals surface area contributed by atoms with E-state index >= 15 is 0 Å². The first-order chi connectivity index (χ1) is 18.0. The van der Waals surface area contributed by atoms with Gasteiger partial charge in [0.1, 0.15) is 23.2 Å². The van der Waals surface area contributed by atoms with Crippen LogP contribution in [-0.2, 0) is 0 Å². The van der Waals surface area contributed by atoms with Crippen LogP contribution in [0.2, 0.25) is 0 Å². The molecule has 188 valence electrons. The van der Waals surface area contributed by atoms with Gasteiger partial charge in [0.25, 0.3) is 5.91 Å². The molecule has 0 saturated carbocycles. The van der Waals surface area contributed by atoms with Crippen LogP contribution in [0.5, 0.6) is 17.2 Å². The van der Waals surface area contributed by atoms with E-state index in [-0.39, 0.29) is 11.9 Å². The van der Waals surface area contributed by atoms with E-state index in [1.807, 2.05) is 79.7 Å². The van der Waals surface area contributed by atoms with Crippen molar-refractivity contribution < 1.29 is 19.0 Å². The number of rotatable bonds is 7. The monoisotopic (exact) mass is 496 g/mol. The summed E-state index contributed by atoms with van der Waals surface area (Å²) in [7, 11) is 4.85. The summed E-state index contributed by atoms with van der Waals surface area (Å²) < 4.78 is 18.5. The molecule has 0 spiro atoms. The largest absolute Gasteiger partial charge is 0.497 e. The Labute approximate surface area is 215 Å². The zero-order chi connectivity index (χ0) is 25.9. The van der Waals surface area contributed by atoms with Gasteiger partial charge in [0, 0.05) is 22.5 Å². The number of nitrogens with zero attached hydrogens (tertiary/aromatic N) is 2. The van der Waals surface area contributed by atoms with Crippen molar-refractivity contribution in [2.24, 2.45) is 0 Å². The topological polar surface area (TPSA) is 86.6 Å². The highest BCUT2D eigenvalue weighted by atomic mass is 16.5. The summed E-state index contributed by atoms with van der Waals surface area (Å²) in [6.45, 7) is 2.00. The van der Waals surface area contributed by atoms with E-state index in [0.29, 0.717) is 28.6 Å². The lowest BCUT2D eigenvalue weighted by molar-refractivity contribution is 0.102. The number of methoxy groups -OCH3 is 3. The predicted octanol–water partition coefficient (Wildman–Crippen LogP) is 5.53. The number of carbonyl (C=O) groups is 1. The SMILES string of the molecule is COc1cccc(C2=C[C@H](c3cccc(OC)c3OC)n3ncc(C(=O)Nc4ccc(C)cc4)c3N2)c1. The maximum absolute atomic E-state index is 13.4. The van der Waals surface area contributed by atoms with Gasteiger partial charge >= 0.3 is 0 Å². The van der Waals surface area contributed by atoms with Crippen LogP contribution in [0.25, 0.3) is 5.70 Å². The molecular formula is C29H28N4O4. The molecule has 5 rings (SSSR count). The molecule has 3 aromatic carbocycles. The van der Waals surface area contributed by atoms with Crippen LogP contribution in [0, 0.1) is 6.92 Å². The number of amides is 1. The van der Waals surface area contributed by atoms with Crippen molar-refractivity contribution in [1.29, 1.82) is 0 Å². The van der Waals surface area contributed by atoms with Gasteiger partial charge in [-0.1, -0.05) is 42.0 Å². The highest BCUT2D eigenvalue weighted by molar-refractivity contribution is 6.08. The number of carbonyl (C=O) groups excluding carboxylic acids is 1. The molecule has 8 heteroatoms. The second-order valence-corrected chi connectivity index (χ2v) is 8.64. The van der Waals surface area contributed by atoms with Gasteiger partial charge in [0.2, 0.25) is 0 Å². The average molecular weight is 497 g/mol. The molecule has 37 heavy (non-hydrogen) atoms. The van der Waals surface area contributed by atoms with Gasteiger partial charge in [0.05, 0.1) is 27.5 Å². The Balaban J connectivity index is 1.61. The van der Waals surface area contributed by atoms with Crippen LogP contribution in [-0.4, -0.2) is 37.0 Å². The van der Waals surface area contributed by atoms with Crippen molar-refractivity contribution in [3.63, 3.8) is 0 Å². The molecule has 1 amide bonds. The van der Waals surface area contributed by atoms with Crippen molar-refractivity contribution in [2.45, 2.75) is 13.0 Å². The van der Waals surface area contributed by atoms with Gasteiger partial charge in [0.15, 0.2) is 11.5 Å². The smallest absolute Gasteiger partial charge is 0.261 e. The maximum Gasteiger partial charge on any atom is 0.261 e. The van der Waals surface area contributed by atoms with Gasteiger partial charge in [-0.25, -0.2) is 4.68 Å². The van der Waals surface area contributed by atoms with Crippen LogP contribution in [0.4, 0.5) is 11.5 Å². The fraction of sp³-hybridized carbons (Fsp3) is 0.172. The number of aryl methyl sites for hydroxylation is 1. The van der Waals surface area contributed by atoms with Crippen LogP contribution in [0.1, 0.15) is 33.1 Å². The van der Waals surface area contributed by atoms with E-state index in [4.69, 9.17) is 14.2 Å². The number of aromatic nitrogens is 2. The first-order valence-corrected chi connectivity index (χ1v) is 11.8. The van der Waals surface area contributed by atoms with Crippen LogP contribution >= 0.6 is 0 Å². The van der Waals surface area contributed by atoms with Crippen molar-refractivity contribution >= 4 is 23.1 Å². The van der Waals surface area contributed by atoms with Gasteiger partial charge in [-0.05, 0) is 43.3 Å². The standard InChI is InChI=1S/C29H28N4O4/c1-18-11-13-20(14-12-18)31-29(34)23-17-30-33-25(22-9-6-10-26(36-3)27(22)37-4)16-24(32-28(23)33)19-7-5-8-21(15-19)35-2/h5-17,25,32H,1-4H3,(H,31,34)/t25-/m1/s1. The van der Waals surface area contributed by atoms with Gasteiger partial charge < -0.3 is 24.8 Å². The summed E-state index contributed by atoms with van der Waals surface area (Å²) in [5.74, 6) is 2.25. The molecule has 0 unspecified atom stereocenters. The van der Waals surface area contributed by atoms with Crippen molar-refractivity contribution in [1.82, 2.24) is 9.78 Å². The second-order valence-electron chi connectivity index (χ2n) is 8.64. The summed E-state index contributed by atoms with van der Waals surface area (Å²) >= 11 is 0. The Kier molecular flexibility index (Phi) is 6.55. The average Bonchev–Trinajstić information content (AvgIpc) is 3.37. The number of nitrogens with one attached hydrogen (secondary N) is 2. The Morgan fingerprint density at radius 1 is 0.973 bits per heavy atom. The number of ether oxygens (including phenoxy) is 3. The maximum atomic E-state index is 13.4. The molecule has 1 aliphatic heterocycles. The highest BCUT2D eigenvalue weighted by Gasteiger charge is 2.30. The number of allylic oxidation sites excluding steroid dienone is 1. The third-order valence-electron chi connectivity index (χ3n) is 6.32. The number of para-hydroxylation sites is 1. The Morgan fingerprint density at radius 3 is 2.49 bits per heavy atom. The lowest BCUT2D eigenvalue weighted by Crippen LogP contribution is -2.22. The fourth-order valence-corrected chi connectivity index (χ4v) is 4.42. The molecule has 2 N–H and O–H groups in total. The van der Waals surface area contributed by atoms with Gasteiger partial charge in [-0.2, -0.15) is 5.10 Å². The molecule has 1 aromatic heterocycles. The van der Waals surface area contributed by atoms with Gasteiger partial charge in [-0.3, -0.25) is 4.79 Å². The minimum absolute atomic E-state index is 0.263. The third-order valence-corrected chi connectivity index (χ3v) is 6.32. The van der Waals surface area contributed by atoms with E-state index in [1.165, 1.54) is 0 Å². The van der Waals surface area contributed by atoms with Gasteiger partial charge in [-0.15, -0.1) is 0 Å². The highest BCUT2D eigenvalue weighted by Crippen LogP contribution is 2.42. The molecule has 0 radical (unpaired) electrons. The van der Waals surface area contributed by atoms with E-state index < -0.39 is 0 Å². The molecule has 0 bridgehead atoms. The molecule has 8 nitrogen and oxygen atoms in total. The molecule has 0 saturated heterocycles. The minimum Gasteiger partial charge on any atom is -0.497 e. The summed E-state index contributed by atoms with van der Waals surface area (Å²) in [6, 6.07) is 20.8. The number of hydrogen-bond acceptors (Lipinski definition) is 6. The third kappa shape index (κ3) is 4.61. The number of fused-ring (bicyclic) bond motifs is 1. The summed E-state index contributed by atoms with van der Waals surface area (Å²) in [4.78, 5) is 13.4. The Hall–Kier alpha value is -4.72. The number of anilines is 2. The summed E-state index contributed by atoms with van der Waals surface area (Å²) in [6.07, 6.45) is 3.63.